The third-order valence-electron chi connectivity index (χ3n) is 4.96. The maximum atomic E-state index is 11.4. The minimum atomic E-state index is -0.867. The van der Waals surface area contributed by atoms with Crippen molar-refractivity contribution < 1.29 is 9.90 Å². The molecule has 0 aliphatic carbocycles. The van der Waals surface area contributed by atoms with Gasteiger partial charge in [0.1, 0.15) is 5.69 Å². The molecule has 2 N–H and O–H groups in total. The summed E-state index contributed by atoms with van der Waals surface area (Å²) in [5.41, 5.74) is 2.97. The van der Waals surface area contributed by atoms with Gasteiger partial charge in [-0.1, -0.05) is 18.2 Å². The Morgan fingerprint density at radius 2 is 2.11 bits per heavy atom. The molecule has 1 aliphatic rings. The first kappa shape index (κ1) is 17.4. The van der Waals surface area contributed by atoms with E-state index in [0.29, 0.717) is 18.0 Å². The normalized spacial score (nSPS) is 17.3. The first-order valence-corrected chi connectivity index (χ1v) is 9.03. The standard InChI is InChI=1S/C20H21N5O2/c26-20(27)17-4-2-1-3-15(17)13-25-8-5-14(12-25)9-16-10-24-18(11-23-16)19-21-6-7-22-19/h1-4,6-7,10-11,14H,5,8-9,12-13H2,(H,21,22)(H,26,27)/t14-/m0/s1. The molecule has 4 rings (SSSR count). The van der Waals surface area contributed by atoms with Gasteiger partial charge in [-0.3, -0.25) is 9.88 Å². The minimum absolute atomic E-state index is 0.389. The number of likely N-dealkylation sites (tertiary alicyclic amines) is 1. The number of imidazole rings is 1. The number of H-pyrrole nitrogens is 1. The Bertz CT molecular complexity index is 908. The third kappa shape index (κ3) is 4.03. The average Bonchev–Trinajstić information content (AvgIpc) is 3.35. The van der Waals surface area contributed by atoms with Gasteiger partial charge in [0.15, 0.2) is 5.82 Å². The Kier molecular flexibility index (Phi) is 4.93. The van der Waals surface area contributed by atoms with Crippen LogP contribution in [0.2, 0.25) is 0 Å². The second kappa shape index (κ2) is 7.67. The number of nitrogens with one attached hydrogen (secondary N) is 1. The van der Waals surface area contributed by atoms with E-state index < -0.39 is 5.97 Å². The average molecular weight is 363 g/mol. The summed E-state index contributed by atoms with van der Waals surface area (Å²) in [5.74, 6) is 0.359. The van der Waals surface area contributed by atoms with Gasteiger partial charge in [-0.05, 0) is 36.9 Å². The van der Waals surface area contributed by atoms with Crippen LogP contribution in [0.4, 0.5) is 0 Å². The lowest BCUT2D eigenvalue weighted by atomic mass is 10.0. The van der Waals surface area contributed by atoms with Crippen LogP contribution in [0.3, 0.4) is 0 Å². The van der Waals surface area contributed by atoms with E-state index >= 15 is 0 Å². The van der Waals surface area contributed by atoms with E-state index in [1.807, 2.05) is 18.3 Å². The molecule has 3 heterocycles. The van der Waals surface area contributed by atoms with Crippen molar-refractivity contribution in [3.63, 3.8) is 0 Å². The van der Waals surface area contributed by atoms with Gasteiger partial charge in [0.25, 0.3) is 0 Å². The summed E-state index contributed by atoms with van der Waals surface area (Å²) in [4.78, 5) is 29.9. The monoisotopic (exact) mass is 363 g/mol. The second-order valence-electron chi connectivity index (χ2n) is 6.89. The fourth-order valence-electron chi connectivity index (χ4n) is 3.61. The quantitative estimate of drug-likeness (QED) is 0.699. The zero-order valence-electron chi connectivity index (χ0n) is 14.9. The predicted molar refractivity (Wildman–Crippen MR) is 100 cm³/mol. The Morgan fingerprint density at radius 3 is 2.85 bits per heavy atom. The number of aromatic amines is 1. The molecule has 1 atom stereocenters. The van der Waals surface area contributed by atoms with Gasteiger partial charge < -0.3 is 10.1 Å². The van der Waals surface area contributed by atoms with Crippen LogP contribution in [0, 0.1) is 5.92 Å². The summed E-state index contributed by atoms with van der Waals surface area (Å²) in [6.07, 6.45) is 8.99. The highest BCUT2D eigenvalue weighted by Crippen LogP contribution is 2.23. The van der Waals surface area contributed by atoms with Crippen LogP contribution in [0.5, 0.6) is 0 Å². The van der Waals surface area contributed by atoms with Crippen LogP contribution in [-0.2, 0) is 13.0 Å². The van der Waals surface area contributed by atoms with Crippen LogP contribution >= 0.6 is 0 Å². The molecule has 0 amide bonds. The lowest BCUT2D eigenvalue weighted by Crippen LogP contribution is -2.22. The van der Waals surface area contributed by atoms with Gasteiger partial charge in [0.05, 0.1) is 17.5 Å². The molecule has 0 saturated carbocycles. The van der Waals surface area contributed by atoms with Crippen molar-refractivity contribution in [2.24, 2.45) is 5.92 Å². The summed E-state index contributed by atoms with van der Waals surface area (Å²) in [5, 5.41) is 9.34. The highest BCUT2D eigenvalue weighted by molar-refractivity contribution is 5.89. The van der Waals surface area contributed by atoms with Crippen molar-refractivity contribution in [1.82, 2.24) is 24.8 Å². The molecule has 7 heteroatoms. The molecule has 1 aromatic carbocycles. The number of carbonyl (C=O) groups is 1. The number of rotatable bonds is 6. The summed E-state index contributed by atoms with van der Waals surface area (Å²) < 4.78 is 0. The molecule has 0 radical (unpaired) electrons. The Labute approximate surface area is 157 Å². The topological polar surface area (TPSA) is 95.0 Å². The smallest absolute Gasteiger partial charge is 0.336 e. The van der Waals surface area contributed by atoms with E-state index in [4.69, 9.17) is 0 Å². The first-order chi connectivity index (χ1) is 13.2. The molecule has 1 fully saturated rings. The summed E-state index contributed by atoms with van der Waals surface area (Å²) in [6.45, 7) is 2.58. The number of carboxylic acid groups (broad SMARTS) is 1. The molecule has 0 bridgehead atoms. The maximum absolute atomic E-state index is 11.4. The summed E-state index contributed by atoms with van der Waals surface area (Å²) in [6, 6.07) is 7.23. The van der Waals surface area contributed by atoms with Gasteiger partial charge in [-0.25, -0.2) is 14.8 Å². The number of aromatic carboxylic acids is 1. The maximum Gasteiger partial charge on any atom is 0.336 e. The largest absolute Gasteiger partial charge is 0.478 e. The van der Waals surface area contributed by atoms with Crippen molar-refractivity contribution in [2.45, 2.75) is 19.4 Å². The van der Waals surface area contributed by atoms with Crippen LogP contribution in [0.25, 0.3) is 11.5 Å². The van der Waals surface area contributed by atoms with Gasteiger partial charge in [0, 0.05) is 31.7 Å². The Hall–Kier alpha value is -3.06. The van der Waals surface area contributed by atoms with Crippen molar-refractivity contribution in [3.05, 3.63) is 65.9 Å². The Morgan fingerprint density at radius 1 is 1.22 bits per heavy atom. The van der Waals surface area contributed by atoms with E-state index in [9.17, 15) is 9.90 Å². The third-order valence-corrected chi connectivity index (χ3v) is 4.96. The van der Waals surface area contributed by atoms with Gasteiger partial charge in [-0.2, -0.15) is 0 Å². The number of hydrogen-bond acceptors (Lipinski definition) is 5. The molecule has 27 heavy (non-hydrogen) atoms. The molecule has 1 saturated heterocycles. The number of benzene rings is 1. The second-order valence-corrected chi connectivity index (χ2v) is 6.89. The predicted octanol–water partition coefficient (Wildman–Crippen LogP) is 2.63. The van der Waals surface area contributed by atoms with E-state index in [1.54, 1.807) is 30.7 Å². The summed E-state index contributed by atoms with van der Waals surface area (Å²) in [7, 11) is 0. The number of hydrogen-bond donors (Lipinski definition) is 2. The minimum Gasteiger partial charge on any atom is -0.478 e. The molecule has 2 aromatic heterocycles. The Balaban J connectivity index is 1.35. The van der Waals surface area contributed by atoms with Crippen LogP contribution in [0.1, 0.15) is 28.0 Å². The van der Waals surface area contributed by atoms with Gasteiger partial charge in [0.2, 0.25) is 0 Å². The van der Waals surface area contributed by atoms with Crippen LogP contribution in [-0.4, -0.2) is 49.0 Å². The SMILES string of the molecule is O=C(O)c1ccccc1CN1CC[C@@H](Cc2cnc(-c3ncc[nH]3)cn2)C1. The lowest BCUT2D eigenvalue weighted by molar-refractivity contribution is 0.0694. The molecule has 0 unspecified atom stereocenters. The van der Waals surface area contributed by atoms with Crippen molar-refractivity contribution in [1.29, 1.82) is 0 Å². The van der Waals surface area contributed by atoms with E-state index in [1.165, 1.54) is 0 Å². The molecule has 1 aliphatic heterocycles. The van der Waals surface area contributed by atoms with Gasteiger partial charge >= 0.3 is 5.97 Å². The molecule has 0 spiro atoms. The van der Waals surface area contributed by atoms with Crippen molar-refractivity contribution >= 4 is 5.97 Å². The van der Waals surface area contributed by atoms with Crippen LogP contribution < -0.4 is 0 Å². The zero-order chi connectivity index (χ0) is 18.6. The highest BCUT2D eigenvalue weighted by atomic mass is 16.4. The van der Waals surface area contributed by atoms with Gasteiger partial charge in [-0.15, -0.1) is 0 Å². The summed E-state index contributed by atoms with van der Waals surface area (Å²) >= 11 is 0. The number of carboxylic acids is 1. The molecule has 3 aromatic rings. The molecular formula is C20H21N5O2. The van der Waals surface area contributed by atoms with Crippen LogP contribution in [0.15, 0.2) is 49.1 Å². The lowest BCUT2D eigenvalue weighted by Gasteiger charge is -2.17. The molecule has 138 valence electrons. The van der Waals surface area contributed by atoms with E-state index in [-0.39, 0.29) is 0 Å². The van der Waals surface area contributed by atoms with E-state index in [2.05, 4.69) is 24.8 Å². The fraction of sp³-hybridized carbons (Fsp3) is 0.300. The van der Waals surface area contributed by atoms with Crippen molar-refractivity contribution in [3.8, 4) is 11.5 Å². The first-order valence-electron chi connectivity index (χ1n) is 9.03. The number of aromatic nitrogens is 4. The fourth-order valence-corrected chi connectivity index (χ4v) is 3.61. The van der Waals surface area contributed by atoms with Crippen molar-refractivity contribution in [2.75, 3.05) is 13.1 Å². The highest BCUT2D eigenvalue weighted by Gasteiger charge is 2.24. The molecule has 7 nitrogen and oxygen atoms in total. The van der Waals surface area contributed by atoms with E-state index in [0.717, 1.165) is 48.7 Å². The number of nitrogens with zero attached hydrogens (tertiary/aromatic N) is 4. The zero-order valence-corrected chi connectivity index (χ0v) is 14.9. The molecular weight excluding hydrogens is 342 g/mol.